The number of hydrogen-bond acceptors (Lipinski definition) is 7. The molecule has 2 rings (SSSR count). The largest absolute Gasteiger partial charge is 0.453 e. The van der Waals surface area contributed by atoms with Gasteiger partial charge in [0, 0.05) is 17.5 Å². The number of nitrogens with zero attached hydrogens (tertiary/aromatic N) is 2. The second-order valence-corrected chi connectivity index (χ2v) is 6.87. The van der Waals surface area contributed by atoms with Crippen molar-refractivity contribution in [1.82, 2.24) is 10.1 Å². The van der Waals surface area contributed by atoms with E-state index in [9.17, 15) is 13.2 Å². The fourth-order valence-corrected chi connectivity index (χ4v) is 2.39. The Labute approximate surface area is 127 Å². The zero-order chi connectivity index (χ0) is 16.3. The minimum Gasteiger partial charge on any atom is -0.453 e. The van der Waals surface area contributed by atoms with E-state index in [2.05, 4.69) is 20.2 Å². The third-order valence-corrected chi connectivity index (χ3v) is 3.53. The van der Waals surface area contributed by atoms with Crippen LogP contribution in [0.5, 0.6) is 0 Å². The molecule has 0 aliphatic carbocycles. The number of rotatable bonds is 4. The molecule has 0 unspecified atom stereocenters. The Bertz CT molecular complexity index is 798. The van der Waals surface area contributed by atoms with E-state index in [4.69, 9.17) is 4.52 Å². The number of amides is 1. The third-order valence-electron chi connectivity index (χ3n) is 2.75. The first kappa shape index (κ1) is 16.0. The van der Waals surface area contributed by atoms with Gasteiger partial charge in [-0.3, -0.25) is 5.32 Å². The van der Waals surface area contributed by atoms with Gasteiger partial charge in [-0.15, -0.1) is 0 Å². The first-order valence-electron chi connectivity index (χ1n) is 6.25. The Morgan fingerprint density at radius 1 is 1.41 bits per heavy atom. The van der Waals surface area contributed by atoms with Crippen LogP contribution in [0.15, 0.2) is 22.7 Å². The highest BCUT2D eigenvalue weighted by atomic mass is 32.2. The number of ether oxygens (including phenoxy) is 1. The Balaban J connectivity index is 2.24. The summed E-state index contributed by atoms with van der Waals surface area (Å²) in [6.07, 6.45) is 0.530. The zero-order valence-electron chi connectivity index (χ0n) is 12.3. The highest BCUT2D eigenvalue weighted by molar-refractivity contribution is 7.89. The lowest BCUT2D eigenvalue weighted by molar-refractivity contribution is 0.187. The molecule has 8 nitrogen and oxygen atoms in total. The van der Waals surface area contributed by atoms with Crippen molar-refractivity contribution < 1.29 is 22.5 Å². The molecule has 0 saturated carbocycles. The van der Waals surface area contributed by atoms with Crippen molar-refractivity contribution in [3.05, 3.63) is 29.6 Å². The summed E-state index contributed by atoms with van der Waals surface area (Å²) in [5, 5.41) is 6.19. The van der Waals surface area contributed by atoms with Gasteiger partial charge in [0.2, 0.25) is 0 Å². The van der Waals surface area contributed by atoms with Crippen LogP contribution in [0.25, 0.3) is 11.5 Å². The summed E-state index contributed by atoms with van der Waals surface area (Å²) in [6, 6.07) is 5.06. The van der Waals surface area contributed by atoms with Gasteiger partial charge in [0.1, 0.15) is 5.75 Å². The smallest absolute Gasteiger partial charge is 0.411 e. The normalized spacial score (nSPS) is 11.2. The van der Waals surface area contributed by atoms with E-state index in [1.165, 1.54) is 7.11 Å². The van der Waals surface area contributed by atoms with Crippen molar-refractivity contribution in [2.75, 3.05) is 18.7 Å². The molecular formula is C13H15N3O5S. The van der Waals surface area contributed by atoms with Gasteiger partial charge >= 0.3 is 6.09 Å². The molecule has 118 valence electrons. The van der Waals surface area contributed by atoms with Crippen LogP contribution in [0.4, 0.5) is 10.5 Å². The van der Waals surface area contributed by atoms with Crippen molar-refractivity contribution >= 4 is 21.6 Å². The topological polar surface area (TPSA) is 111 Å². The molecule has 1 N–H and O–H groups in total. The van der Waals surface area contributed by atoms with Gasteiger partial charge in [-0.2, -0.15) is 4.98 Å². The number of benzene rings is 1. The summed E-state index contributed by atoms with van der Waals surface area (Å²) in [5.74, 6) is 0.0479. The van der Waals surface area contributed by atoms with Gasteiger partial charge in [0.05, 0.1) is 7.11 Å². The molecule has 1 aromatic carbocycles. The summed E-state index contributed by atoms with van der Waals surface area (Å²) < 4.78 is 32.0. The highest BCUT2D eigenvalue weighted by Crippen LogP contribution is 2.25. The number of aromatic nitrogens is 2. The lowest BCUT2D eigenvalue weighted by Crippen LogP contribution is -2.10. The average Bonchev–Trinajstić information content (AvgIpc) is 2.84. The van der Waals surface area contributed by atoms with E-state index in [0.29, 0.717) is 11.3 Å². The molecule has 1 amide bonds. The molecule has 0 atom stereocenters. The number of sulfone groups is 1. The first-order chi connectivity index (χ1) is 10.3. The molecule has 0 spiro atoms. The van der Waals surface area contributed by atoms with E-state index in [1.807, 2.05) is 0 Å². The second-order valence-electron chi connectivity index (χ2n) is 4.73. The quantitative estimate of drug-likeness (QED) is 0.911. The second kappa shape index (κ2) is 6.14. The van der Waals surface area contributed by atoms with Crippen molar-refractivity contribution in [3.63, 3.8) is 0 Å². The molecule has 9 heteroatoms. The average molecular weight is 325 g/mol. The third kappa shape index (κ3) is 4.04. The molecule has 1 aromatic heterocycles. The summed E-state index contributed by atoms with van der Waals surface area (Å²) >= 11 is 0. The zero-order valence-corrected chi connectivity index (χ0v) is 13.1. The summed E-state index contributed by atoms with van der Waals surface area (Å²) in [4.78, 5) is 15.2. The maximum absolute atomic E-state index is 11.2. The Hall–Kier alpha value is -2.42. The van der Waals surface area contributed by atoms with Crippen LogP contribution >= 0.6 is 0 Å². The number of hydrogen-bond donors (Lipinski definition) is 1. The summed E-state index contributed by atoms with van der Waals surface area (Å²) in [6.45, 7) is 1.80. The Morgan fingerprint density at radius 3 is 2.73 bits per heavy atom. The van der Waals surface area contributed by atoms with Gasteiger partial charge in [0.15, 0.2) is 15.7 Å². The fraction of sp³-hybridized carbons (Fsp3) is 0.308. The Morgan fingerprint density at radius 2 is 2.14 bits per heavy atom. The summed E-state index contributed by atoms with van der Waals surface area (Å²) in [7, 11) is -1.95. The molecule has 0 saturated heterocycles. The van der Waals surface area contributed by atoms with Gasteiger partial charge in [-0.05, 0) is 30.7 Å². The van der Waals surface area contributed by atoms with Crippen LogP contribution < -0.4 is 5.32 Å². The predicted molar refractivity (Wildman–Crippen MR) is 79.0 cm³/mol. The number of carbonyl (C=O) groups is 1. The van der Waals surface area contributed by atoms with Crippen molar-refractivity contribution in [2.24, 2.45) is 0 Å². The van der Waals surface area contributed by atoms with Crippen molar-refractivity contribution in [1.29, 1.82) is 0 Å². The maximum Gasteiger partial charge on any atom is 0.411 e. The highest BCUT2D eigenvalue weighted by Gasteiger charge is 2.15. The van der Waals surface area contributed by atoms with Crippen LogP contribution in [0, 0.1) is 6.92 Å². The van der Waals surface area contributed by atoms with E-state index < -0.39 is 15.9 Å². The Kier molecular flexibility index (Phi) is 4.45. The van der Waals surface area contributed by atoms with E-state index >= 15 is 0 Å². The number of carbonyl (C=O) groups excluding carboxylic acids is 1. The lowest BCUT2D eigenvalue weighted by atomic mass is 10.1. The van der Waals surface area contributed by atoms with Crippen LogP contribution in [-0.4, -0.2) is 38.0 Å². The lowest BCUT2D eigenvalue weighted by Gasteiger charge is -2.06. The molecule has 0 radical (unpaired) electrons. The minimum atomic E-state index is -3.23. The molecular weight excluding hydrogens is 310 g/mol. The molecule has 0 fully saturated rings. The molecule has 0 aliphatic heterocycles. The first-order valence-corrected chi connectivity index (χ1v) is 8.31. The summed E-state index contributed by atoms with van der Waals surface area (Å²) in [5.41, 5.74) is 2.00. The molecule has 22 heavy (non-hydrogen) atoms. The number of methoxy groups -OCH3 is 1. The molecule has 0 aliphatic rings. The van der Waals surface area contributed by atoms with Gasteiger partial charge in [0.25, 0.3) is 5.89 Å². The van der Waals surface area contributed by atoms with E-state index in [-0.39, 0.29) is 17.5 Å². The monoisotopic (exact) mass is 325 g/mol. The number of aryl methyl sites for hydroxylation is 1. The van der Waals surface area contributed by atoms with Gasteiger partial charge < -0.3 is 9.26 Å². The number of anilines is 1. The maximum atomic E-state index is 11.2. The van der Waals surface area contributed by atoms with E-state index in [1.54, 1.807) is 25.1 Å². The van der Waals surface area contributed by atoms with Crippen LogP contribution in [0.3, 0.4) is 0 Å². The molecule has 0 bridgehead atoms. The molecule has 2 aromatic rings. The van der Waals surface area contributed by atoms with Crippen molar-refractivity contribution in [3.8, 4) is 11.5 Å². The van der Waals surface area contributed by atoms with Crippen LogP contribution in [0.1, 0.15) is 11.4 Å². The minimum absolute atomic E-state index is 0.105. The predicted octanol–water partition coefficient (Wildman–Crippen LogP) is 1.77. The van der Waals surface area contributed by atoms with Crippen molar-refractivity contribution in [2.45, 2.75) is 12.7 Å². The SMILES string of the molecule is COC(=O)Nc1ccc(-c2nc(CS(C)(=O)=O)no2)c(C)c1. The van der Waals surface area contributed by atoms with Crippen LogP contribution in [0.2, 0.25) is 0 Å². The van der Waals surface area contributed by atoms with Gasteiger partial charge in [-0.25, -0.2) is 13.2 Å². The van der Waals surface area contributed by atoms with Gasteiger partial charge in [-0.1, -0.05) is 5.16 Å². The number of nitrogens with one attached hydrogen (secondary N) is 1. The molecule has 1 heterocycles. The van der Waals surface area contributed by atoms with E-state index in [0.717, 1.165) is 11.8 Å². The standard InChI is InChI=1S/C13H15N3O5S/c1-8-6-9(14-13(17)20-2)4-5-10(8)12-15-11(16-21-12)7-22(3,18)19/h4-6H,7H2,1-3H3,(H,14,17). The van der Waals surface area contributed by atoms with Crippen LogP contribution in [-0.2, 0) is 20.3 Å². The fourth-order valence-electron chi connectivity index (χ4n) is 1.81.